The number of carbonyl (C=O) groups is 1. The summed E-state index contributed by atoms with van der Waals surface area (Å²) < 4.78 is 1.93. The lowest BCUT2D eigenvalue weighted by Gasteiger charge is -2.05. The van der Waals surface area contributed by atoms with Gasteiger partial charge in [-0.15, -0.1) is 0 Å². The third kappa shape index (κ3) is 2.75. The first kappa shape index (κ1) is 14.0. The highest BCUT2D eigenvalue weighted by Gasteiger charge is 2.14. The van der Waals surface area contributed by atoms with Crippen molar-refractivity contribution in [3.63, 3.8) is 0 Å². The maximum absolute atomic E-state index is 12.5. The van der Waals surface area contributed by atoms with Crippen LogP contribution in [0.2, 0.25) is 10.0 Å². The standard InChI is InChI=1S/C16H12Cl2N2O/c1-20-9-14(13-4-2-3-5-15(13)20)16(21)19-12-7-10(17)6-11(18)8-12/h2-9H,1H3,(H,19,21). The highest BCUT2D eigenvalue weighted by atomic mass is 35.5. The lowest BCUT2D eigenvalue weighted by molar-refractivity contribution is 0.102. The molecule has 0 radical (unpaired) electrons. The van der Waals surface area contributed by atoms with Crippen LogP contribution in [0, 0.1) is 0 Å². The Morgan fingerprint density at radius 2 is 1.76 bits per heavy atom. The van der Waals surface area contributed by atoms with Crippen molar-refractivity contribution in [3.05, 3.63) is 64.3 Å². The number of nitrogens with one attached hydrogen (secondary N) is 1. The number of hydrogen-bond donors (Lipinski definition) is 1. The van der Waals surface area contributed by atoms with Gasteiger partial charge in [0, 0.05) is 39.9 Å². The van der Waals surface area contributed by atoms with E-state index < -0.39 is 0 Å². The van der Waals surface area contributed by atoms with Crippen LogP contribution >= 0.6 is 23.2 Å². The third-order valence-corrected chi connectivity index (χ3v) is 3.70. The van der Waals surface area contributed by atoms with Gasteiger partial charge in [-0.3, -0.25) is 4.79 Å². The van der Waals surface area contributed by atoms with Crippen molar-refractivity contribution in [1.29, 1.82) is 0 Å². The Hall–Kier alpha value is -1.97. The average molecular weight is 319 g/mol. The van der Waals surface area contributed by atoms with E-state index >= 15 is 0 Å². The molecule has 1 heterocycles. The number of aromatic nitrogens is 1. The molecule has 3 rings (SSSR count). The number of hydrogen-bond acceptors (Lipinski definition) is 1. The number of fused-ring (bicyclic) bond motifs is 1. The summed E-state index contributed by atoms with van der Waals surface area (Å²) in [7, 11) is 1.91. The van der Waals surface area contributed by atoms with E-state index in [1.165, 1.54) is 0 Å². The third-order valence-electron chi connectivity index (χ3n) is 3.26. The number of benzene rings is 2. The fourth-order valence-corrected chi connectivity index (χ4v) is 2.87. The van der Waals surface area contributed by atoms with Crippen LogP contribution in [0.4, 0.5) is 5.69 Å². The molecule has 106 valence electrons. The fraction of sp³-hybridized carbons (Fsp3) is 0.0625. The molecule has 0 saturated carbocycles. The number of rotatable bonds is 2. The first-order valence-corrected chi connectivity index (χ1v) is 7.12. The molecule has 0 aliphatic rings. The van der Waals surface area contributed by atoms with Gasteiger partial charge >= 0.3 is 0 Å². The fourth-order valence-electron chi connectivity index (χ4n) is 2.35. The number of aryl methyl sites for hydroxylation is 1. The lowest BCUT2D eigenvalue weighted by atomic mass is 10.1. The van der Waals surface area contributed by atoms with Gasteiger partial charge in [0.2, 0.25) is 0 Å². The normalized spacial score (nSPS) is 10.8. The molecule has 21 heavy (non-hydrogen) atoms. The second kappa shape index (κ2) is 5.43. The lowest BCUT2D eigenvalue weighted by Crippen LogP contribution is -2.11. The van der Waals surface area contributed by atoms with Crippen LogP contribution in [-0.4, -0.2) is 10.5 Å². The van der Waals surface area contributed by atoms with Gasteiger partial charge in [-0.1, -0.05) is 41.4 Å². The van der Waals surface area contributed by atoms with Crippen LogP contribution in [0.3, 0.4) is 0 Å². The van der Waals surface area contributed by atoms with E-state index in [4.69, 9.17) is 23.2 Å². The van der Waals surface area contributed by atoms with Gasteiger partial charge in [-0.2, -0.15) is 0 Å². The molecule has 0 spiro atoms. The van der Waals surface area contributed by atoms with Crippen LogP contribution in [0.5, 0.6) is 0 Å². The SMILES string of the molecule is Cn1cc(C(=O)Nc2cc(Cl)cc(Cl)c2)c2ccccc21. The maximum Gasteiger partial charge on any atom is 0.257 e. The minimum absolute atomic E-state index is 0.190. The zero-order valence-corrected chi connectivity index (χ0v) is 12.7. The molecule has 0 aliphatic carbocycles. The predicted molar refractivity (Wildman–Crippen MR) is 87.3 cm³/mol. The smallest absolute Gasteiger partial charge is 0.257 e. The maximum atomic E-state index is 12.5. The molecule has 0 fully saturated rings. The van der Waals surface area contributed by atoms with Crippen molar-refractivity contribution in [2.24, 2.45) is 7.05 Å². The Morgan fingerprint density at radius 1 is 1.10 bits per heavy atom. The van der Waals surface area contributed by atoms with Crippen molar-refractivity contribution in [2.75, 3.05) is 5.32 Å². The summed E-state index contributed by atoms with van der Waals surface area (Å²) in [6.07, 6.45) is 1.81. The summed E-state index contributed by atoms with van der Waals surface area (Å²) in [4.78, 5) is 12.5. The molecule has 3 nitrogen and oxygen atoms in total. The molecule has 3 aromatic rings. The molecule has 0 aliphatic heterocycles. The van der Waals surface area contributed by atoms with Crippen molar-refractivity contribution >= 4 is 45.7 Å². The number of halogens is 2. The summed E-state index contributed by atoms with van der Waals surface area (Å²) in [5, 5.41) is 4.70. The van der Waals surface area contributed by atoms with Gasteiger partial charge in [0.1, 0.15) is 0 Å². The topological polar surface area (TPSA) is 34.0 Å². The van der Waals surface area contributed by atoms with Crippen molar-refractivity contribution in [3.8, 4) is 0 Å². The first-order chi connectivity index (χ1) is 10.0. The van der Waals surface area contributed by atoms with Gasteiger partial charge < -0.3 is 9.88 Å². The molecule has 0 unspecified atom stereocenters. The first-order valence-electron chi connectivity index (χ1n) is 6.36. The molecule has 1 amide bonds. The molecule has 1 aromatic heterocycles. The summed E-state index contributed by atoms with van der Waals surface area (Å²) in [6.45, 7) is 0. The summed E-state index contributed by atoms with van der Waals surface area (Å²) in [5.41, 5.74) is 2.20. The van der Waals surface area contributed by atoms with E-state index in [-0.39, 0.29) is 5.91 Å². The highest BCUT2D eigenvalue weighted by Crippen LogP contribution is 2.25. The second-order valence-electron chi connectivity index (χ2n) is 4.78. The zero-order chi connectivity index (χ0) is 15.0. The molecule has 0 bridgehead atoms. The van der Waals surface area contributed by atoms with E-state index in [1.54, 1.807) is 18.2 Å². The summed E-state index contributed by atoms with van der Waals surface area (Å²) in [6, 6.07) is 12.7. The van der Waals surface area contributed by atoms with Crippen molar-refractivity contribution < 1.29 is 4.79 Å². The minimum Gasteiger partial charge on any atom is -0.350 e. The number of anilines is 1. The number of amides is 1. The summed E-state index contributed by atoms with van der Waals surface area (Å²) in [5.74, 6) is -0.190. The minimum atomic E-state index is -0.190. The largest absolute Gasteiger partial charge is 0.350 e. The van der Waals surface area contributed by atoms with Gasteiger partial charge in [-0.05, 0) is 24.3 Å². The van der Waals surface area contributed by atoms with Crippen LogP contribution < -0.4 is 5.32 Å². The Bertz CT molecular complexity index is 819. The Labute approximate surface area is 132 Å². The highest BCUT2D eigenvalue weighted by molar-refractivity contribution is 6.35. The Morgan fingerprint density at radius 3 is 2.48 bits per heavy atom. The Balaban J connectivity index is 1.97. The average Bonchev–Trinajstić information content (AvgIpc) is 2.76. The van der Waals surface area contributed by atoms with E-state index in [9.17, 15) is 4.79 Å². The van der Waals surface area contributed by atoms with Gasteiger partial charge in [0.25, 0.3) is 5.91 Å². The van der Waals surface area contributed by atoms with E-state index in [0.717, 1.165) is 10.9 Å². The van der Waals surface area contributed by atoms with Crippen LogP contribution in [-0.2, 0) is 7.05 Å². The van der Waals surface area contributed by atoms with Gasteiger partial charge in [0.15, 0.2) is 0 Å². The van der Waals surface area contributed by atoms with Gasteiger partial charge in [0.05, 0.1) is 5.56 Å². The molecular weight excluding hydrogens is 307 g/mol. The van der Waals surface area contributed by atoms with Crippen LogP contribution in [0.15, 0.2) is 48.7 Å². The molecule has 1 N–H and O–H groups in total. The predicted octanol–water partition coefficient (Wildman–Crippen LogP) is 4.74. The zero-order valence-electron chi connectivity index (χ0n) is 11.2. The second-order valence-corrected chi connectivity index (χ2v) is 5.66. The van der Waals surface area contributed by atoms with Crippen LogP contribution in [0.1, 0.15) is 10.4 Å². The molecule has 2 aromatic carbocycles. The monoisotopic (exact) mass is 318 g/mol. The Kier molecular flexibility index (Phi) is 3.62. The molecule has 0 saturated heterocycles. The number of nitrogens with zero attached hydrogens (tertiary/aromatic N) is 1. The molecular formula is C16H12Cl2N2O. The molecule has 5 heteroatoms. The van der Waals surface area contributed by atoms with E-state index in [1.807, 2.05) is 42.1 Å². The van der Waals surface area contributed by atoms with Gasteiger partial charge in [-0.25, -0.2) is 0 Å². The van der Waals surface area contributed by atoms with Crippen molar-refractivity contribution in [1.82, 2.24) is 4.57 Å². The number of carbonyl (C=O) groups excluding carboxylic acids is 1. The quantitative estimate of drug-likeness (QED) is 0.727. The molecule has 0 atom stereocenters. The number of para-hydroxylation sites is 1. The summed E-state index contributed by atoms with van der Waals surface area (Å²) >= 11 is 11.9. The van der Waals surface area contributed by atoms with E-state index in [2.05, 4.69) is 5.32 Å². The van der Waals surface area contributed by atoms with Crippen molar-refractivity contribution in [2.45, 2.75) is 0 Å². The van der Waals surface area contributed by atoms with Crippen LogP contribution in [0.25, 0.3) is 10.9 Å². The van der Waals surface area contributed by atoms with E-state index in [0.29, 0.717) is 21.3 Å².